The molecule has 1 saturated carbocycles. The molecular weight excluding hydrogens is 412 g/mol. The van der Waals surface area contributed by atoms with E-state index in [2.05, 4.69) is 6.92 Å². The Morgan fingerprint density at radius 1 is 0.903 bits per heavy atom. The van der Waals surface area contributed by atoms with Crippen LogP contribution >= 0.6 is 0 Å². The number of hydrogen-bond donors (Lipinski definition) is 4. The third-order valence-electron chi connectivity index (χ3n) is 8.21. The van der Waals surface area contributed by atoms with Crippen LogP contribution in [0.1, 0.15) is 46.5 Å². The van der Waals surface area contributed by atoms with Gasteiger partial charge >= 0.3 is 0 Å². The van der Waals surface area contributed by atoms with E-state index in [0.29, 0.717) is 12.3 Å². The van der Waals surface area contributed by atoms with Crippen LogP contribution in [0.5, 0.6) is 0 Å². The summed E-state index contributed by atoms with van der Waals surface area (Å²) in [6.07, 6.45) is -4.74. The van der Waals surface area contributed by atoms with Crippen molar-refractivity contribution in [2.75, 3.05) is 6.61 Å². The van der Waals surface area contributed by atoms with Crippen molar-refractivity contribution in [3.63, 3.8) is 0 Å². The van der Waals surface area contributed by atoms with Gasteiger partial charge in [-0.2, -0.15) is 0 Å². The smallest absolute Gasteiger partial charge is 0.201 e. The molecule has 4 N–H and O–H groups in total. The number of rotatable bonds is 3. The fourth-order valence-corrected chi connectivity index (χ4v) is 6.34. The molecule has 3 unspecified atom stereocenters. The third-order valence-corrected chi connectivity index (χ3v) is 8.21. The highest BCUT2D eigenvalue weighted by Crippen LogP contribution is 2.60. The molecule has 10 nitrogen and oxygen atoms in total. The zero-order valence-corrected chi connectivity index (χ0v) is 18.1. The van der Waals surface area contributed by atoms with E-state index in [1.54, 1.807) is 0 Å². The molecule has 0 radical (unpaired) electrons. The number of aliphatic hydroxyl groups excluding tert-OH is 4. The fourth-order valence-electron chi connectivity index (χ4n) is 6.34. The highest BCUT2D eigenvalue weighted by Gasteiger charge is 2.69. The molecule has 5 heterocycles. The van der Waals surface area contributed by atoms with E-state index in [1.165, 1.54) is 0 Å². The summed E-state index contributed by atoms with van der Waals surface area (Å²) in [6, 6.07) is 0. The highest BCUT2D eigenvalue weighted by atomic mass is 17.3. The Morgan fingerprint density at radius 2 is 1.68 bits per heavy atom. The van der Waals surface area contributed by atoms with Crippen LogP contribution in [0.2, 0.25) is 0 Å². The molecule has 0 aromatic carbocycles. The van der Waals surface area contributed by atoms with E-state index in [0.717, 1.165) is 19.3 Å². The lowest BCUT2D eigenvalue weighted by atomic mass is 9.58. The SMILES string of the molecule is C[C@H]1CCC2[C@H](C)[C@@H](O[C@H]3O[C@H](CO)[C@H](O)[C@H](O)[C@H]3O)O[C@H]3O[C@]4(C)CCC1C23OO4. The van der Waals surface area contributed by atoms with Gasteiger partial charge < -0.3 is 39.4 Å². The quantitative estimate of drug-likeness (QED) is 0.439. The number of ether oxygens (including phenoxy) is 4. The lowest BCUT2D eigenvalue weighted by Crippen LogP contribution is -2.71. The predicted molar refractivity (Wildman–Crippen MR) is 102 cm³/mol. The van der Waals surface area contributed by atoms with Gasteiger partial charge in [0.15, 0.2) is 24.5 Å². The average Bonchev–Trinajstić information content (AvgIpc) is 2.98. The molecular formula is C21H34O10. The Hall–Kier alpha value is -0.400. The molecule has 5 saturated heterocycles. The summed E-state index contributed by atoms with van der Waals surface area (Å²) in [5, 5.41) is 40.0. The first kappa shape index (κ1) is 22.4. The van der Waals surface area contributed by atoms with Gasteiger partial charge in [-0.3, -0.25) is 0 Å². The number of fused-ring (bicyclic) bond motifs is 2. The van der Waals surface area contributed by atoms with E-state index >= 15 is 0 Å². The van der Waals surface area contributed by atoms with Crippen molar-refractivity contribution in [3.05, 3.63) is 0 Å². The lowest BCUT2D eigenvalue weighted by molar-refractivity contribution is -0.579. The molecule has 31 heavy (non-hydrogen) atoms. The molecule has 178 valence electrons. The summed E-state index contributed by atoms with van der Waals surface area (Å²) >= 11 is 0. The van der Waals surface area contributed by atoms with Gasteiger partial charge in [0.1, 0.15) is 24.4 Å². The summed E-state index contributed by atoms with van der Waals surface area (Å²) < 4.78 is 24.1. The van der Waals surface area contributed by atoms with Crippen LogP contribution in [0.15, 0.2) is 0 Å². The Labute approximate surface area is 181 Å². The molecule has 5 aliphatic heterocycles. The van der Waals surface area contributed by atoms with Gasteiger partial charge in [-0.15, -0.1) is 0 Å². The minimum Gasteiger partial charge on any atom is -0.394 e. The Bertz CT molecular complexity index is 677. The molecule has 6 fully saturated rings. The molecule has 2 bridgehead atoms. The van der Waals surface area contributed by atoms with Crippen molar-refractivity contribution >= 4 is 0 Å². The van der Waals surface area contributed by atoms with Crippen LogP contribution < -0.4 is 0 Å². The first-order valence-corrected chi connectivity index (χ1v) is 11.4. The summed E-state index contributed by atoms with van der Waals surface area (Å²) in [5.41, 5.74) is -0.734. The highest BCUT2D eigenvalue weighted by molar-refractivity contribution is 5.09. The first-order valence-electron chi connectivity index (χ1n) is 11.4. The summed E-state index contributed by atoms with van der Waals surface area (Å²) in [5.74, 6) is -0.370. The number of hydrogen-bond acceptors (Lipinski definition) is 10. The Morgan fingerprint density at radius 3 is 2.42 bits per heavy atom. The van der Waals surface area contributed by atoms with Gasteiger partial charge in [0.2, 0.25) is 5.79 Å². The maximum Gasteiger partial charge on any atom is 0.201 e. The molecule has 1 aliphatic carbocycles. The van der Waals surface area contributed by atoms with Gasteiger partial charge in [0, 0.05) is 18.3 Å². The van der Waals surface area contributed by atoms with E-state index in [1.807, 2.05) is 13.8 Å². The molecule has 0 aromatic heterocycles. The summed E-state index contributed by atoms with van der Waals surface area (Å²) in [6.45, 7) is 5.55. The second-order valence-electron chi connectivity index (χ2n) is 10.1. The normalized spacial score (nSPS) is 59.1. The van der Waals surface area contributed by atoms with E-state index in [9.17, 15) is 20.4 Å². The fraction of sp³-hybridized carbons (Fsp3) is 1.00. The third kappa shape index (κ3) is 3.30. The van der Waals surface area contributed by atoms with Crippen molar-refractivity contribution in [1.29, 1.82) is 0 Å². The van der Waals surface area contributed by atoms with E-state index < -0.39 is 61.3 Å². The van der Waals surface area contributed by atoms with Crippen LogP contribution in [-0.4, -0.2) is 81.7 Å². The Balaban J connectivity index is 1.41. The first-order chi connectivity index (χ1) is 14.7. The van der Waals surface area contributed by atoms with Gasteiger partial charge in [0.05, 0.1) is 6.61 Å². The molecule has 13 atom stereocenters. The Kier molecular flexibility index (Phi) is 5.66. The molecule has 0 aromatic rings. The van der Waals surface area contributed by atoms with Crippen molar-refractivity contribution in [1.82, 2.24) is 0 Å². The summed E-state index contributed by atoms with van der Waals surface area (Å²) in [4.78, 5) is 11.9. The summed E-state index contributed by atoms with van der Waals surface area (Å²) in [7, 11) is 0. The van der Waals surface area contributed by atoms with E-state index in [4.69, 9.17) is 28.7 Å². The van der Waals surface area contributed by atoms with Crippen LogP contribution in [0.25, 0.3) is 0 Å². The van der Waals surface area contributed by atoms with Crippen molar-refractivity contribution < 1.29 is 49.1 Å². The van der Waals surface area contributed by atoms with Gasteiger partial charge in [-0.25, -0.2) is 9.78 Å². The van der Waals surface area contributed by atoms with Crippen molar-refractivity contribution in [2.24, 2.45) is 23.7 Å². The van der Waals surface area contributed by atoms with Gasteiger partial charge in [-0.05, 0) is 38.0 Å². The largest absolute Gasteiger partial charge is 0.394 e. The zero-order valence-electron chi connectivity index (χ0n) is 18.1. The molecule has 10 heteroatoms. The zero-order chi connectivity index (χ0) is 22.1. The monoisotopic (exact) mass is 446 g/mol. The number of aliphatic hydroxyl groups is 4. The molecule has 6 rings (SSSR count). The molecule has 0 amide bonds. The second kappa shape index (κ2) is 7.83. The maximum absolute atomic E-state index is 10.4. The van der Waals surface area contributed by atoms with Crippen LogP contribution in [0, 0.1) is 23.7 Å². The van der Waals surface area contributed by atoms with Crippen molar-refractivity contribution in [3.8, 4) is 0 Å². The van der Waals surface area contributed by atoms with Gasteiger partial charge in [0.25, 0.3) is 0 Å². The van der Waals surface area contributed by atoms with Crippen LogP contribution in [-0.2, 0) is 28.7 Å². The maximum atomic E-state index is 10.4. The average molecular weight is 446 g/mol. The molecule has 6 aliphatic rings. The van der Waals surface area contributed by atoms with Crippen LogP contribution in [0.4, 0.5) is 0 Å². The topological polar surface area (TPSA) is 136 Å². The van der Waals surface area contributed by atoms with Gasteiger partial charge in [-0.1, -0.05) is 13.8 Å². The van der Waals surface area contributed by atoms with E-state index in [-0.39, 0.29) is 17.8 Å². The lowest BCUT2D eigenvalue weighted by Gasteiger charge is -2.60. The minimum absolute atomic E-state index is 0.0324. The van der Waals surface area contributed by atoms with Crippen molar-refractivity contribution in [2.45, 2.75) is 101 Å². The standard InChI is InChI=1S/C21H34O10/c1-9-4-5-12-10(2)17(27-18-16(25)15(24)14(23)13(8-22)26-18)28-19-21(12)11(9)6-7-20(3,29-19)30-31-21/h9-19,22-25H,4-8H2,1-3H3/t9-,10-,11?,12?,13+,14-,15-,16+,17-,18+,19-,20-,21?/m0/s1. The minimum atomic E-state index is -1.51. The second-order valence-corrected chi connectivity index (χ2v) is 10.1. The predicted octanol–water partition coefficient (Wildman–Crippen LogP) is 0.0109. The molecule has 1 spiro atoms. The van der Waals surface area contributed by atoms with Crippen LogP contribution in [0.3, 0.4) is 0 Å².